The van der Waals surface area contributed by atoms with E-state index in [4.69, 9.17) is 11.6 Å². The fourth-order valence-corrected chi connectivity index (χ4v) is 1.33. The molecule has 0 bridgehead atoms. The lowest BCUT2D eigenvalue weighted by Gasteiger charge is -2.05. The van der Waals surface area contributed by atoms with Gasteiger partial charge in [0.1, 0.15) is 0 Å². The van der Waals surface area contributed by atoms with E-state index in [0.717, 1.165) is 5.69 Å². The Morgan fingerprint density at radius 1 is 1.50 bits per heavy atom. The van der Waals surface area contributed by atoms with Crippen LogP contribution in [0.15, 0.2) is 12.3 Å². The van der Waals surface area contributed by atoms with Gasteiger partial charge in [0.25, 0.3) is 5.91 Å². The van der Waals surface area contributed by atoms with Crippen molar-refractivity contribution in [1.29, 1.82) is 0 Å². The molecule has 1 aromatic heterocycles. The van der Waals surface area contributed by atoms with Gasteiger partial charge in [-0.15, -0.1) is 0 Å². The third-order valence-corrected chi connectivity index (χ3v) is 2.24. The molecular formula is C10H12ClN3O2. The lowest BCUT2D eigenvalue weighted by atomic mass is 10.2. The highest BCUT2D eigenvalue weighted by atomic mass is 35.5. The average molecular weight is 242 g/mol. The van der Waals surface area contributed by atoms with Gasteiger partial charge in [-0.05, 0) is 13.0 Å². The molecule has 1 rings (SSSR count). The summed E-state index contributed by atoms with van der Waals surface area (Å²) in [6.07, 6.45) is 1.39. The number of likely N-dealkylation sites (N-methyl/N-ethyl adjacent to an activating group) is 1. The van der Waals surface area contributed by atoms with Gasteiger partial charge in [0.05, 0.1) is 17.1 Å². The van der Waals surface area contributed by atoms with Crippen molar-refractivity contribution < 1.29 is 9.59 Å². The molecule has 0 aliphatic rings. The SMILES string of the molecule is CNC(=O)CNC(=O)c1cnc(C)cc1Cl. The Morgan fingerprint density at radius 3 is 2.75 bits per heavy atom. The van der Waals surface area contributed by atoms with Crippen molar-refractivity contribution in [3.63, 3.8) is 0 Å². The number of hydrogen-bond donors (Lipinski definition) is 2. The van der Waals surface area contributed by atoms with E-state index in [-0.39, 0.29) is 18.0 Å². The van der Waals surface area contributed by atoms with E-state index in [0.29, 0.717) is 5.02 Å². The molecular weight excluding hydrogens is 230 g/mol. The molecule has 0 radical (unpaired) electrons. The summed E-state index contributed by atoms with van der Waals surface area (Å²) in [4.78, 5) is 26.5. The first-order valence-electron chi connectivity index (χ1n) is 4.65. The topological polar surface area (TPSA) is 71.1 Å². The van der Waals surface area contributed by atoms with Crippen LogP contribution in [0.25, 0.3) is 0 Å². The molecule has 2 amide bonds. The normalized spacial score (nSPS) is 9.69. The van der Waals surface area contributed by atoms with Crippen molar-refractivity contribution in [3.05, 3.63) is 28.5 Å². The number of pyridine rings is 1. The van der Waals surface area contributed by atoms with Crippen LogP contribution in [0, 0.1) is 6.92 Å². The summed E-state index contributed by atoms with van der Waals surface area (Å²) >= 11 is 5.87. The average Bonchev–Trinajstić information content (AvgIpc) is 2.25. The number of nitrogens with zero attached hydrogens (tertiary/aromatic N) is 1. The molecule has 0 aromatic carbocycles. The number of carbonyl (C=O) groups is 2. The predicted octanol–water partition coefficient (Wildman–Crippen LogP) is 0.519. The highest BCUT2D eigenvalue weighted by Gasteiger charge is 2.11. The molecule has 0 fully saturated rings. The van der Waals surface area contributed by atoms with E-state index < -0.39 is 5.91 Å². The first kappa shape index (κ1) is 12.4. The van der Waals surface area contributed by atoms with Crippen molar-refractivity contribution in [3.8, 4) is 0 Å². The van der Waals surface area contributed by atoms with Crippen LogP contribution in [0.5, 0.6) is 0 Å². The molecule has 6 heteroatoms. The van der Waals surface area contributed by atoms with Crippen LogP contribution in [0.4, 0.5) is 0 Å². The second-order valence-electron chi connectivity index (χ2n) is 3.16. The first-order valence-corrected chi connectivity index (χ1v) is 5.03. The second-order valence-corrected chi connectivity index (χ2v) is 3.57. The lowest BCUT2D eigenvalue weighted by Crippen LogP contribution is -2.35. The van der Waals surface area contributed by atoms with Crippen molar-refractivity contribution in [1.82, 2.24) is 15.6 Å². The fraction of sp³-hybridized carbons (Fsp3) is 0.300. The summed E-state index contributed by atoms with van der Waals surface area (Å²) in [5.74, 6) is -0.689. The third kappa shape index (κ3) is 3.20. The fourth-order valence-electron chi connectivity index (χ4n) is 1.04. The van der Waals surface area contributed by atoms with E-state index in [1.165, 1.54) is 13.2 Å². The van der Waals surface area contributed by atoms with Gasteiger partial charge in [-0.25, -0.2) is 0 Å². The molecule has 16 heavy (non-hydrogen) atoms. The number of hydrogen-bond acceptors (Lipinski definition) is 3. The van der Waals surface area contributed by atoms with Gasteiger partial charge in [0.15, 0.2) is 0 Å². The number of halogens is 1. The zero-order valence-corrected chi connectivity index (χ0v) is 9.76. The van der Waals surface area contributed by atoms with Crippen molar-refractivity contribution in [2.24, 2.45) is 0 Å². The molecule has 0 aliphatic heterocycles. The molecule has 2 N–H and O–H groups in total. The standard InChI is InChI=1S/C10H12ClN3O2/c1-6-3-8(11)7(4-13-6)10(16)14-5-9(15)12-2/h3-4H,5H2,1-2H3,(H,12,15)(H,14,16). The minimum atomic E-state index is -0.416. The Labute approximate surface area is 98.2 Å². The van der Waals surface area contributed by atoms with E-state index in [1.54, 1.807) is 13.0 Å². The maximum Gasteiger partial charge on any atom is 0.254 e. The molecule has 1 heterocycles. The number of nitrogens with one attached hydrogen (secondary N) is 2. The van der Waals surface area contributed by atoms with Crippen molar-refractivity contribution in [2.45, 2.75) is 6.92 Å². The van der Waals surface area contributed by atoms with Crippen LogP contribution in [0.1, 0.15) is 16.1 Å². The Kier molecular flexibility index (Phi) is 4.25. The monoisotopic (exact) mass is 241 g/mol. The molecule has 0 saturated carbocycles. The summed E-state index contributed by atoms with van der Waals surface area (Å²) in [5, 5.41) is 5.15. The van der Waals surface area contributed by atoms with Crippen LogP contribution in [-0.4, -0.2) is 30.4 Å². The van der Waals surface area contributed by atoms with Crippen LogP contribution >= 0.6 is 11.6 Å². The molecule has 0 atom stereocenters. The first-order chi connectivity index (χ1) is 7.54. The lowest BCUT2D eigenvalue weighted by molar-refractivity contribution is -0.119. The summed E-state index contributed by atoms with van der Waals surface area (Å²) < 4.78 is 0. The maximum absolute atomic E-state index is 11.6. The summed E-state index contributed by atoms with van der Waals surface area (Å²) in [6.45, 7) is 1.69. The van der Waals surface area contributed by atoms with Gasteiger partial charge < -0.3 is 10.6 Å². The molecule has 0 unspecified atom stereocenters. The molecule has 0 saturated heterocycles. The number of rotatable bonds is 3. The number of carbonyl (C=O) groups excluding carboxylic acids is 2. The van der Waals surface area contributed by atoms with Crippen LogP contribution in [0.2, 0.25) is 5.02 Å². The van der Waals surface area contributed by atoms with Gasteiger partial charge in [0.2, 0.25) is 5.91 Å². The van der Waals surface area contributed by atoms with Crippen molar-refractivity contribution >= 4 is 23.4 Å². The van der Waals surface area contributed by atoms with Gasteiger partial charge in [-0.1, -0.05) is 11.6 Å². The highest BCUT2D eigenvalue weighted by molar-refractivity contribution is 6.33. The van der Waals surface area contributed by atoms with E-state index >= 15 is 0 Å². The number of aromatic nitrogens is 1. The maximum atomic E-state index is 11.6. The third-order valence-electron chi connectivity index (χ3n) is 1.92. The van der Waals surface area contributed by atoms with Gasteiger partial charge in [-0.3, -0.25) is 14.6 Å². The Morgan fingerprint density at radius 2 is 2.19 bits per heavy atom. The van der Waals surface area contributed by atoms with Crippen LogP contribution in [0.3, 0.4) is 0 Å². The summed E-state index contributed by atoms with van der Waals surface area (Å²) in [5.41, 5.74) is 0.990. The Balaban J connectivity index is 2.70. The second kappa shape index (κ2) is 5.46. The highest BCUT2D eigenvalue weighted by Crippen LogP contribution is 2.15. The van der Waals surface area contributed by atoms with Crippen LogP contribution in [-0.2, 0) is 4.79 Å². The van der Waals surface area contributed by atoms with Gasteiger partial charge in [-0.2, -0.15) is 0 Å². The van der Waals surface area contributed by atoms with E-state index in [1.807, 2.05) is 0 Å². The number of amides is 2. The van der Waals surface area contributed by atoms with E-state index in [2.05, 4.69) is 15.6 Å². The molecule has 5 nitrogen and oxygen atoms in total. The molecule has 0 spiro atoms. The van der Waals surface area contributed by atoms with Crippen molar-refractivity contribution in [2.75, 3.05) is 13.6 Å². The Hall–Kier alpha value is -1.62. The minimum Gasteiger partial charge on any atom is -0.358 e. The smallest absolute Gasteiger partial charge is 0.254 e. The summed E-state index contributed by atoms with van der Waals surface area (Å²) in [7, 11) is 1.49. The van der Waals surface area contributed by atoms with E-state index in [9.17, 15) is 9.59 Å². The Bertz CT molecular complexity index is 421. The van der Waals surface area contributed by atoms with Gasteiger partial charge in [0, 0.05) is 18.9 Å². The largest absolute Gasteiger partial charge is 0.358 e. The van der Waals surface area contributed by atoms with Crippen LogP contribution < -0.4 is 10.6 Å². The zero-order chi connectivity index (χ0) is 12.1. The number of aryl methyl sites for hydroxylation is 1. The quantitative estimate of drug-likeness (QED) is 0.811. The van der Waals surface area contributed by atoms with Gasteiger partial charge >= 0.3 is 0 Å². The molecule has 0 aliphatic carbocycles. The zero-order valence-electron chi connectivity index (χ0n) is 9.00. The predicted molar refractivity (Wildman–Crippen MR) is 60.4 cm³/mol. The minimum absolute atomic E-state index is 0.0838. The molecule has 1 aromatic rings. The molecule has 86 valence electrons. The summed E-state index contributed by atoms with van der Waals surface area (Å²) in [6, 6.07) is 1.59.